The van der Waals surface area contributed by atoms with Crippen LogP contribution in [0, 0.1) is 0 Å². The van der Waals surface area contributed by atoms with Crippen LogP contribution >= 0.6 is 0 Å². The fourth-order valence-corrected chi connectivity index (χ4v) is 2.03. The average Bonchev–Trinajstić information content (AvgIpc) is 3.32. The Kier molecular flexibility index (Phi) is 4.14. The predicted octanol–water partition coefficient (Wildman–Crippen LogP) is 2.11. The molecule has 1 aliphatic rings. The van der Waals surface area contributed by atoms with Crippen molar-refractivity contribution in [2.45, 2.75) is 25.3 Å². The van der Waals surface area contributed by atoms with Gasteiger partial charge < -0.3 is 15.4 Å². The van der Waals surface area contributed by atoms with Crippen LogP contribution in [0.5, 0.6) is 5.75 Å². The molecule has 1 aromatic heterocycles. The molecule has 0 aliphatic heterocycles. The van der Waals surface area contributed by atoms with Crippen molar-refractivity contribution in [1.82, 2.24) is 15.2 Å². The number of aromatic nitrogens is 3. The SMILES string of the molecule is COc1cccc(CCNc2nncc(NC3CC3)n2)c1. The molecular formula is C15H19N5O. The van der Waals surface area contributed by atoms with Gasteiger partial charge in [0, 0.05) is 12.6 Å². The van der Waals surface area contributed by atoms with Crippen LogP contribution in [0.1, 0.15) is 18.4 Å². The molecule has 1 aliphatic carbocycles. The molecule has 2 aromatic rings. The Balaban J connectivity index is 1.52. The van der Waals surface area contributed by atoms with Gasteiger partial charge in [-0.05, 0) is 37.0 Å². The van der Waals surface area contributed by atoms with Crippen molar-refractivity contribution in [1.29, 1.82) is 0 Å². The number of ether oxygens (including phenoxy) is 1. The van der Waals surface area contributed by atoms with Gasteiger partial charge in [0.15, 0.2) is 5.82 Å². The van der Waals surface area contributed by atoms with E-state index in [-0.39, 0.29) is 0 Å². The Hall–Kier alpha value is -2.37. The molecule has 6 heteroatoms. The molecule has 0 atom stereocenters. The highest BCUT2D eigenvalue weighted by Crippen LogP contribution is 2.23. The highest BCUT2D eigenvalue weighted by atomic mass is 16.5. The Bertz CT molecular complexity index is 600. The second-order valence-corrected chi connectivity index (χ2v) is 5.11. The number of methoxy groups -OCH3 is 1. The zero-order valence-corrected chi connectivity index (χ0v) is 12.0. The van der Waals surface area contributed by atoms with Crippen LogP contribution < -0.4 is 15.4 Å². The smallest absolute Gasteiger partial charge is 0.244 e. The molecule has 2 N–H and O–H groups in total. The Morgan fingerprint density at radius 2 is 2.24 bits per heavy atom. The molecule has 0 amide bonds. The lowest BCUT2D eigenvalue weighted by Gasteiger charge is -2.07. The number of nitrogens with one attached hydrogen (secondary N) is 2. The summed E-state index contributed by atoms with van der Waals surface area (Å²) in [5.74, 6) is 2.22. The van der Waals surface area contributed by atoms with E-state index in [4.69, 9.17) is 4.74 Å². The molecule has 1 heterocycles. The first kappa shape index (κ1) is 13.6. The van der Waals surface area contributed by atoms with E-state index in [1.54, 1.807) is 13.3 Å². The molecule has 1 saturated carbocycles. The zero-order chi connectivity index (χ0) is 14.5. The van der Waals surface area contributed by atoms with Crippen molar-refractivity contribution >= 4 is 11.8 Å². The van der Waals surface area contributed by atoms with Gasteiger partial charge in [-0.2, -0.15) is 10.1 Å². The second-order valence-electron chi connectivity index (χ2n) is 5.11. The van der Waals surface area contributed by atoms with Gasteiger partial charge in [-0.25, -0.2) is 0 Å². The van der Waals surface area contributed by atoms with Crippen molar-refractivity contribution in [3.63, 3.8) is 0 Å². The molecule has 110 valence electrons. The standard InChI is InChI=1S/C15H19N5O/c1-21-13-4-2-3-11(9-13)7-8-16-15-19-14(10-17-20-15)18-12-5-6-12/h2-4,9-10,12H,5-8H2,1H3,(H2,16,18,19,20). The molecule has 0 bridgehead atoms. The summed E-state index contributed by atoms with van der Waals surface area (Å²) >= 11 is 0. The number of anilines is 2. The maximum absolute atomic E-state index is 5.21. The topological polar surface area (TPSA) is 72.0 Å². The van der Waals surface area contributed by atoms with Gasteiger partial charge in [-0.3, -0.25) is 0 Å². The molecule has 6 nitrogen and oxygen atoms in total. The minimum Gasteiger partial charge on any atom is -0.497 e. The van der Waals surface area contributed by atoms with Crippen molar-refractivity contribution < 1.29 is 4.74 Å². The van der Waals surface area contributed by atoms with E-state index in [0.717, 1.165) is 24.5 Å². The van der Waals surface area contributed by atoms with E-state index in [9.17, 15) is 0 Å². The summed E-state index contributed by atoms with van der Waals surface area (Å²) in [6.45, 7) is 0.752. The molecule has 1 fully saturated rings. The Morgan fingerprint density at radius 1 is 1.33 bits per heavy atom. The third-order valence-electron chi connectivity index (χ3n) is 3.32. The lowest BCUT2D eigenvalue weighted by molar-refractivity contribution is 0.414. The van der Waals surface area contributed by atoms with E-state index in [1.165, 1.54) is 18.4 Å². The maximum Gasteiger partial charge on any atom is 0.244 e. The number of rotatable bonds is 7. The fraction of sp³-hybridized carbons (Fsp3) is 0.400. The summed E-state index contributed by atoms with van der Waals surface area (Å²) in [4.78, 5) is 4.40. The van der Waals surface area contributed by atoms with E-state index in [1.807, 2.05) is 18.2 Å². The maximum atomic E-state index is 5.21. The van der Waals surface area contributed by atoms with Crippen LogP contribution in [-0.4, -0.2) is 34.9 Å². The number of nitrogens with zero attached hydrogens (tertiary/aromatic N) is 3. The lowest BCUT2D eigenvalue weighted by atomic mass is 10.1. The molecule has 21 heavy (non-hydrogen) atoms. The monoisotopic (exact) mass is 285 g/mol. The highest BCUT2D eigenvalue weighted by Gasteiger charge is 2.21. The molecule has 3 rings (SSSR count). The van der Waals surface area contributed by atoms with Gasteiger partial charge in [-0.15, -0.1) is 5.10 Å². The van der Waals surface area contributed by atoms with Gasteiger partial charge in [0.25, 0.3) is 0 Å². The second kappa shape index (κ2) is 6.39. The summed E-state index contributed by atoms with van der Waals surface area (Å²) in [7, 11) is 1.68. The summed E-state index contributed by atoms with van der Waals surface area (Å²) in [6, 6.07) is 8.61. The Labute approximate surface area is 124 Å². The first-order valence-electron chi connectivity index (χ1n) is 7.16. The zero-order valence-electron chi connectivity index (χ0n) is 12.0. The van der Waals surface area contributed by atoms with Crippen molar-refractivity contribution in [2.75, 3.05) is 24.3 Å². The van der Waals surface area contributed by atoms with Crippen molar-refractivity contribution in [3.05, 3.63) is 36.0 Å². The quantitative estimate of drug-likeness (QED) is 0.812. The fourth-order valence-electron chi connectivity index (χ4n) is 2.03. The molecular weight excluding hydrogens is 266 g/mol. The molecule has 0 unspecified atom stereocenters. The number of benzene rings is 1. The Morgan fingerprint density at radius 3 is 3.05 bits per heavy atom. The van der Waals surface area contributed by atoms with Crippen LogP contribution in [0.2, 0.25) is 0 Å². The lowest BCUT2D eigenvalue weighted by Crippen LogP contribution is -2.11. The number of hydrogen-bond acceptors (Lipinski definition) is 6. The molecule has 1 aromatic carbocycles. The van der Waals surface area contributed by atoms with Crippen LogP contribution in [-0.2, 0) is 6.42 Å². The summed E-state index contributed by atoms with van der Waals surface area (Å²) in [5, 5.41) is 14.5. The van der Waals surface area contributed by atoms with Gasteiger partial charge in [0.05, 0.1) is 13.3 Å². The van der Waals surface area contributed by atoms with E-state index in [0.29, 0.717) is 12.0 Å². The minimum atomic E-state index is 0.559. The highest BCUT2D eigenvalue weighted by molar-refractivity contribution is 5.39. The van der Waals surface area contributed by atoms with Crippen LogP contribution in [0.15, 0.2) is 30.5 Å². The van der Waals surface area contributed by atoms with Gasteiger partial charge in [0.2, 0.25) is 5.95 Å². The minimum absolute atomic E-state index is 0.559. The average molecular weight is 285 g/mol. The molecule has 0 radical (unpaired) electrons. The van der Waals surface area contributed by atoms with E-state index >= 15 is 0 Å². The van der Waals surface area contributed by atoms with Crippen molar-refractivity contribution in [2.24, 2.45) is 0 Å². The van der Waals surface area contributed by atoms with E-state index in [2.05, 4.69) is 31.9 Å². The van der Waals surface area contributed by atoms with Crippen LogP contribution in [0.4, 0.5) is 11.8 Å². The van der Waals surface area contributed by atoms with Crippen LogP contribution in [0.3, 0.4) is 0 Å². The first-order valence-corrected chi connectivity index (χ1v) is 7.16. The van der Waals surface area contributed by atoms with E-state index < -0.39 is 0 Å². The summed E-state index contributed by atoms with van der Waals surface area (Å²) in [5.41, 5.74) is 1.21. The largest absolute Gasteiger partial charge is 0.497 e. The predicted molar refractivity (Wildman–Crippen MR) is 81.7 cm³/mol. The third-order valence-corrected chi connectivity index (χ3v) is 3.32. The van der Waals surface area contributed by atoms with Gasteiger partial charge >= 0.3 is 0 Å². The third kappa shape index (κ3) is 4.05. The van der Waals surface area contributed by atoms with Gasteiger partial charge in [0.1, 0.15) is 5.75 Å². The normalized spacial score (nSPS) is 13.8. The molecule has 0 saturated heterocycles. The van der Waals surface area contributed by atoms with Crippen LogP contribution in [0.25, 0.3) is 0 Å². The first-order chi connectivity index (χ1) is 10.3. The van der Waals surface area contributed by atoms with Crippen molar-refractivity contribution in [3.8, 4) is 5.75 Å². The van der Waals surface area contributed by atoms with Gasteiger partial charge in [-0.1, -0.05) is 12.1 Å². The number of hydrogen-bond donors (Lipinski definition) is 2. The summed E-state index contributed by atoms with van der Waals surface area (Å²) in [6.07, 6.45) is 4.96. The molecule has 0 spiro atoms. The summed E-state index contributed by atoms with van der Waals surface area (Å²) < 4.78 is 5.21.